The molecule has 0 spiro atoms. The minimum atomic E-state index is -3.88. The van der Waals surface area contributed by atoms with E-state index in [-0.39, 0.29) is 28.3 Å². The predicted molar refractivity (Wildman–Crippen MR) is 98.5 cm³/mol. The van der Waals surface area contributed by atoms with Crippen LogP contribution in [0, 0.1) is 0 Å². The lowest BCUT2D eigenvalue weighted by molar-refractivity contribution is 0.198. The number of amides is 2. The molecule has 1 heterocycles. The minimum Gasteiger partial charge on any atom is -0.504 e. The number of anilines is 1. The fourth-order valence-corrected chi connectivity index (χ4v) is 5.40. The molecule has 0 aromatic heterocycles. The Labute approximate surface area is 157 Å². The summed E-state index contributed by atoms with van der Waals surface area (Å²) in [6, 6.07) is 2.14. The normalized spacial score (nSPS) is 22.9. The van der Waals surface area contributed by atoms with Crippen LogP contribution in [0.25, 0.3) is 0 Å². The van der Waals surface area contributed by atoms with E-state index in [1.165, 1.54) is 12.1 Å². The summed E-state index contributed by atoms with van der Waals surface area (Å²) >= 11 is 6.04. The molecule has 0 radical (unpaired) electrons. The molecule has 1 saturated heterocycles. The van der Waals surface area contributed by atoms with Crippen molar-refractivity contribution >= 4 is 33.2 Å². The summed E-state index contributed by atoms with van der Waals surface area (Å²) in [4.78, 5) is 11.8. The third-order valence-electron chi connectivity index (χ3n) is 4.72. The van der Waals surface area contributed by atoms with Crippen LogP contribution in [-0.2, 0) is 14.6 Å². The van der Waals surface area contributed by atoms with E-state index in [1.807, 2.05) is 6.92 Å². The van der Waals surface area contributed by atoms with Gasteiger partial charge < -0.3 is 20.5 Å². The fraction of sp³-hybridized carbons (Fsp3) is 0.471. The summed E-state index contributed by atoms with van der Waals surface area (Å²) in [7, 11) is -3.88. The van der Waals surface area contributed by atoms with Crippen molar-refractivity contribution in [1.29, 1.82) is 0 Å². The molecule has 1 unspecified atom stereocenters. The van der Waals surface area contributed by atoms with Gasteiger partial charge in [-0.2, -0.15) is 0 Å². The molecular formula is C17H21ClN2O5S. The van der Waals surface area contributed by atoms with Crippen molar-refractivity contribution in [1.82, 2.24) is 5.32 Å². The lowest BCUT2D eigenvalue weighted by atomic mass is 10.2. The monoisotopic (exact) mass is 400 g/mol. The first-order chi connectivity index (χ1) is 12.3. The number of rotatable bonds is 4. The maximum atomic E-state index is 12.8. The van der Waals surface area contributed by atoms with Crippen molar-refractivity contribution in [2.45, 2.75) is 42.4 Å². The number of urea groups is 1. The van der Waals surface area contributed by atoms with E-state index in [0.29, 0.717) is 13.0 Å². The molecule has 1 aromatic rings. The minimum absolute atomic E-state index is 0.0102. The van der Waals surface area contributed by atoms with E-state index < -0.39 is 26.9 Å². The second-order valence-corrected chi connectivity index (χ2v) is 9.05. The Hall–Kier alpha value is -1.77. The van der Waals surface area contributed by atoms with Gasteiger partial charge in [0, 0.05) is 6.61 Å². The molecule has 26 heavy (non-hydrogen) atoms. The van der Waals surface area contributed by atoms with Crippen molar-refractivity contribution in [2.75, 3.05) is 18.5 Å². The van der Waals surface area contributed by atoms with Crippen molar-refractivity contribution in [3.05, 3.63) is 28.8 Å². The number of hydrogen-bond donors (Lipinski definition) is 3. The van der Waals surface area contributed by atoms with Crippen molar-refractivity contribution in [2.24, 2.45) is 0 Å². The second kappa shape index (κ2) is 7.46. The molecule has 0 bridgehead atoms. The van der Waals surface area contributed by atoms with E-state index in [4.69, 9.17) is 16.3 Å². The Morgan fingerprint density at radius 3 is 2.73 bits per heavy atom. The van der Waals surface area contributed by atoms with Gasteiger partial charge in [-0.3, -0.25) is 0 Å². The Morgan fingerprint density at radius 1 is 1.35 bits per heavy atom. The fourth-order valence-electron chi connectivity index (χ4n) is 3.19. The topological polar surface area (TPSA) is 105 Å². The van der Waals surface area contributed by atoms with Gasteiger partial charge in [-0.15, -0.1) is 0 Å². The van der Waals surface area contributed by atoms with Gasteiger partial charge >= 0.3 is 6.03 Å². The molecular weight excluding hydrogens is 380 g/mol. The molecule has 1 fully saturated rings. The lowest BCUT2D eigenvalue weighted by Gasteiger charge is -2.18. The SMILES string of the molecule is CC1=CCC[C@H]1NC(=O)Nc1ccc(Cl)c(S(=O)(=O)C2CCOC2)c1O. The highest BCUT2D eigenvalue weighted by Gasteiger charge is 2.35. The van der Waals surface area contributed by atoms with E-state index in [1.54, 1.807) is 0 Å². The molecule has 3 rings (SSSR count). The van der Waals surface area contributed by atoms with Crippen LogP contribution in [-0.4, -0.2) is 44.1 Å². The van der Waals surface area contributed by atoms with Crippen molar-refractivity contribution < 1.29 is 23.1 Å². The van der Waals surface area contributed by atoms with E-state index in [9.17, 15) is 18.3 Å². The van der Waals surface area contributed by atoms with Gasteiger partial charge in [0.15, 0.2) is 15.6 Å². The largest absolute Gasteiger partial charge is 0.504 e. The number of ether oxygens (including phenoxy) is 1. The average Bonchev–Trinajstić information content (AvgIpc) is 3.23. The van der Waals surface area contributed by atoms with E-state index in [2.05, 4.69) is 16.7 Å². The maximum absolute atomic E-state index is 12.8. The number of allylic oxidation sites excluding steroid dienone is 1. The molecule has 2 atom stereocenters. The van der Waals surface area contributed by atoms with Crippen LogP contribution in [0.1, 0.15) is 26.2 Å². The zero-order valence-corrected chi connectivity index (χ0v) is 15.9. The molecule has 9 heteroatoms. The van der Waals surface area contributed by atoms with Crippen molar-refractivity contribution in [3.8, 4) is 5.75 Å². The van der Waals surface area contributed by atoms with Crippen LogP contribution in [0.15, 0.2) is 28.7 Å². The molecule has 2 amide bonds. The molecule has 142 valence electrons. The van der Waals surface area contributed by atoms with Crippen LogP contribution in [0.3, 0.4) is 0 Å². The van der Waals surface area contributed by atoms with Gasteiger partial charge in [0.25, 0.3) is 0 Å². The highest BCUT2D eigenvalue weighted by Crippen LogP contribution is 2.39. The summed E-state index contributed by atoms with van der Waals surface area (Å²) in [5, 5.41) is 14.9. The van der Waals surface area contributed by atoms with Crippen molar-refractivity contribution in [3.63, 3.8) is 0 Å². The van der Waals surface area contributed by atoms with Gasteiger partial charge in [0.05, 0.1) is 28.6 Å². The van der Waals surface area contributed by atoms with Crippen LogP contribution < -0.4 is 10.6 Å². The highest BCUT2D eigenvalue weighted by atomic mass is 35.5. The van der Waals surface area contributed by atoms with Gasteiger partial charge in [0.1, 0.15) is 4.90 Å². The van der Waals surface area contributed by atoms with Crippen LogP contribution in [0.4, 0.5) is 10.5 Å². The molecule has 1 aliphatic heterocycles. The number of halogens is 1. The smallest absolute Gasteiger partial charge is 0.319 e. The van der Waals surface area contributed by atoms with Gasteiger partial charge in [-0.05, 0) is 38.3 Å². The number of hydrogen-bond acceptors (Lipinski definition) is 5. The number of aromatic hydroxyl groups is 1. The molecule has 2 aliphatic rings. The summed E-state index contributed by atoms with van der Waals surface area (Å²) < 4.78 is 30.7. The third-order valence-corrected chi connectivity index (χ3v) is 7.38. The Morgan fingerprint density at radius 2 is 2.12 bits per heavy atom. The summed E-state index contributed by atoms with van der Waals surface area (Å²) in [5.41, 5.74) is 1.06. The molecule has 1 aromatic carbocycles. The van der Waals surface area contributed by atoms with Crippen LogP contribution >= 0.6 is 11.6 Å². The summed E-state index contributed by atoms with van der Waals surface area (Å²) in [6.45, 7) is 2.34. The maximum Gasteiger partial charge on any atom is 0.319 e. The first-order valence-electron chi connectivity index (χ1n) is 8.38. The number of benzene rings is 1. The average molecular weight is 401 g/mol. The van der Waals surface area contributed by atoms with E-state index >= 15 is 0 Å². The zero-order valence-electron chi connectivity index (χ0n) is 14.3. The summed E-state index contributed by atoms with van der Waals surface area (Å²) in [6.07, 6.45) is 4.10. The first-order valence-corrected chi connectivity index (χ1v) is 10.3. The zero-order chi connectivity index (χ0) is 18.9. The summed E-state index contributed by atoms with van der Waals surface area (Å²) in [5.74, 6) is -0.557. The highest BCUT2D eigenvalue weighted by molar-refractivity contribution is 7.92. The standard InChI is InChI=1S/C17H21ClN2O5S/c1-10-3-2-4-13(10)19-17(22)20-14-6-5-12(18)16(15(14)21)26(23,24)11-7-8-25-9-11/h3,5-6,11,13,21H,2,4,7-9H2,1H3,(H2,19,20,22)/t11?,13-/m1/s1. The molecule has 7 nitrogen and oxygen atoms in total. The van der Waals surface area contributed by atoms with E-state index in [0.717, 1.165) is 18.4 Å². The Kier molecular flexibility index (Phi) is 5.45. The second-order valence-electron chi connectivity index (χ2n) is 6.48. The number of sulfone groups is 1. The molecule has 0 saturated carbocycles. The van der Waals surface area contributed by atoms with Gasteiger partial charge in [0.2, 0.25) is 0 Å². The first kappa shape index (κ1) is 19.0. The van der Waals surface area contributed by atoms with Crippen LogP contribution in [0.2, 0.25) is 5.02 Å². The number of carbonyl (C=O) groups excluding carboxylic acids is 1. The number of phenols is 1. The van der Waals surface area contributed by atoms with Gasteiger partial charge in [-0.1, -0.05) is 23.3 Å². The lowest BCUT2D eigenvalue weighted by Crippen LogP contribution is -2.37. The number of carbonyl (C=O) groups is 1. The number of nitrogens with one attached hydrogen (secondary N) is 2. The Balaban J connectivity index is 1.83. The molecule has 3 N–H and O–H groups in total. The number of phenolic OH excluding ortho intramolecular Hbond substituents is 1. The quantitative estimate of drug-likeness (QED) is 0.532. The van der Waals surface area contributed by atoms with Gasteiger partial charge in [-0.25, -0.2) is 13.2 Å². The Bertz CT molecular complexity index is 847. The van der Waals surface area contributed by atoms with Crippen LogP contribution in [0.5, 0.6) is 5.75 Å². The third kappa shape index (κ3) is 3.67. The molecule has 1 aliphatic carbocycles. The predicted octanol–water partition coefficient (Wildman–Crippen LogP) is 2.84.